The predicted molar refractivity (Wildman–Crippen MR) is 162 cm³/mol. The van der Waals surface area contributed by atoms with E-state index in [0.29, 0.717) is 35.6 Å². The summed E-state index contributed by atoms with van der Waals surface area (Å²) < 4.78 is 0. The number of nitrogens with zero attached hydrogens (tertiary/aromatic N) is 3. The number of carbonyl (C=O) groups is 2. The molecule has 41 heavy (non-hydrogen) atoms. The van der Waals surface area contributed by atoms with Gasteiger partial charge in [0.05, 0.1) is 28.6 Å². The van der Waals surface area contributed by atoms with Crippen molar-refractivity contribution < 1.29 is 9.59 Å². The number of fused-ring (bicyclic) bond motifs is 1. The fourth-order valence-electron chi connectivity index (χ4n) is 4.59. The molecule has 0 spiro atoms. The molecule has 1 atom stereocenters. The van der Waals surface area contributed by atoms with Crippen molar-refractivity contribution in [2.45, 2.75) is 33.2 Å². The molecule has 208 valence electrons. The van der Waals surface area contributed by atoms with Crippen LogP contribution in [0, 0.1) is 17.2 Å². The second-order valence-electron chi connectivity index (χ2n) is 9.27. The van der Waals surface area contributed by atoms with Crippen LogP contribution in [0.15, 0.2) is 84.0 Å². The summed E-state index contributed by atoms with van der Waals surface area (Å²) in [4.78, 5) is 38.3. The Kier molecular flexibility index (Phi) is 9.62. The fourth-order valence-corrected chi connectivity index (χ4v) is 4.59. The number of nitriles is 1. The molecule has 0 radical (unpaired) electrons. The van der Waals surface area contributed by atoms with E-state index in [9.17, 15) is 14.9 Å². The molecule has 5 N–H and O–H groups in total. The Hall–Kier alpha value is -5.23. The van der Waals surface area contributed by atoms with Crippen LogP contribution in [0.2, 0.25) is 0 Å². The minimum Gasteiger partial charge on any atom is -0.369 e. The number of benzene rings is 3. The molecule has 0 bridgehead atoms. The number of anilines is 1. The highest BCUT2D eigenvalue weighted by Crippen LogP contribution is 2.30. The first-order valence-electron chi connectivity index (χ1n) is 13.6. The lowest BCUT2D eigenvalue weighted by atomic mass is 9.84. The van der Waals surface area contributed by atoms with Crippen molar-refractivity contribution in [3.63, 3.8) is 0 Å². The molecule has 2 heterocycles. The van der Waals surface area contributed by atoms with E-state index in [1.54, 1.807) is 24.4 Å². The van der Waals surface area contributed by atoms with Crippen molar-refractivity contribution in [2.75, 3.05) is 12.3 Å². The van der Waals surface area contributed by atoms with E-state index in [-0.39, 0.29) is 30.5 Å². The number of nitrogen functional groups attached to an aromatic ring is 1. The minimum atomic E-state index is -0.745. The highest BCUT2D eigenvalue weighted by atomic mass is 16.2. The van der Waals surface area contributed by atoms with Crippen LogP contribution in [0.3, 0.4) is 0 Å². The molecule has 0 saturated carbocycles. The molecule has 0 aliphatic carbocycles. The number of aromatic amines is 1. The van der Waals surface area contributed by atoms with Crippen LogP contribution < -0.4 is 16.4 Å². The maximum absolute atomic E-state index is 13.6. The largest absolute Gasteiger partial charge is 0.369 e. The van der Waals surface area contributed by atoms with Crippen molar-refractivity contribution in [3.05, 3.63) is 101 Å². The van der Waals surface area contributed by atoms with Crippen LogP contribution in [-0.2, 0) is 22.6 Å². The molecule has 1 aliphatic heterocycles. The molecule has 0 fully saturated rings. The first-order valence-corrected chi connectivity index (χ1v) is 13.6. The Morgan fingerprint density at radius 3 is 2.66 bits per heavy atom. The van der Waals surface area contributed by atoms with Gasteiger partial charge in [0.25, 0.3) is 0 Å². The van der Waals surface area contributed by atoms with Crippen molar-refractivity contribution in [3.8, 4) is 6.07 Å². The Morgan fingerprint density at radius 2 is 1.88 bits per heavy atom. The number of ketones is 1. The summed E-state index contributed by atoms with van der Waals surface area (Å²) in [5.41, 5.74) is 11.1. The lowest BCUT2D eigenvalue weighted by Gasteiger charge is -2.25. The normalized spacial score (nSPS) is 15.3. The van der Waals surface area contributed by atoms with Gasteiger partial charge in [0, 0.05) is 25.7 Å². The molecular formula is C32H33N7O2. The number of hydrogen-bond acceptors (Lipinski definition) is 6. The first kappa shape index (κ1) is 28.8. The number of aromatic nitrogens is 2. The van der Waals surface area contributed by atoms with Crippen LogP contribution in [-0.4, -0.2) is 34.0 Å². The van der Waals surface area contributed by atoms with Crippen LogP contribution >= 0.6 is 0 Å². The lowest BCUT2D eigenvalue weighted by molar-refractivity contribution is -0.125. The first-order chi connectivity index (χ1) is 20.0. The minimum absolute atomic E-state index is 0.0555. The molecule has 3 aromatic carbocycles. The van der Waals surface area contributed by atoms with Gasteiger partial charge in [-0.25, -0.2) is 4.98 Å². The molecule has 1 unspecified atom stereocenters. The van der Waals surface area contributed by atoms with Crippen molar-refractivity contribution in [2.24, 2.45) is 10.9 Å². The molecule has 9 nitrogen and oxygen atoms in total. The molecule has 0 saturated heterocycles. The second kappa shape index (κ2) is 13.7. The smallest absolute Gasteiger partial charge is 0.221 e. The maximum atomic E-state index is 13.6. The fraction of sp³-hybridized carbons (Fsp3) is 0.219. The van der Waals surface area contributed by atoms with Gasteiger partial charge in [-0.3, -0.25) is 14.6 Å². The van der Waals surface area contributed by atoms with Gasteiger partial charge < -0.3 is 21.4 Å². The average Bonchev–Trinajstić information content (AvgIpc) is 3.38. The molecule has 4 aromatic rings. The molecule has 1 aliphatic rings. The number of rotatable bonds is 8. The molecule has 1 amide bonds. The number of allylic oxidation sites excluding steroid dienone is 1. The van der Waals surface area contributed by atoms with E-state index in [4.69, 9.17) is 5.73 Å². The summed E-state index contributed by atoms with van der Waals surface area (Å²) in [6, 6.07) is 24.6. The van der Waals surface area contributed by atoms with E-state index in [1.165, 1.54) is 0 Å². The Bertz CT molecular complexity index is 1630. The summed E-state index contributed by atoms with van der Waals surface area (Å²) in [7, 11) is 0. The number of imidazole rings is 1. The third-order valence-corrected chi connectivity index (χ3v) is 6.57. The van der Waals surface area contributed by atoms with E-state index >= 15 is 0 Å². The molecular weight excluding hydrogens is 514 g/mol. The zero-order valence-corrected chi connectivity index (χ0v) is 23.1. The quantitative estimate of drug-likeness (QED) is 0.255. The van der Waals surface area contributed by atoms with E-state index in [0.717, 1.165) is 22.2 Å². The number of carbonyl (C=O) groups excluding carboxylic acids is 2. The molecule has 1 aromatic heterocycles. The van der Waals surface area contributed by atoms with E-state index in [1.807, 2.05) is 68.4 Å². The van der Waals surface area contributed by atoms with Gasteiger partial charge in [0.1, 0.15) is 0 Å². The number of H-pyrrole nitrogens is 1. The summed E-state index contributed by atoms with van der Waals surface area (Å²) in [5.74, 6) is -0.716. The number of nitrogens with one attached hydrogen (secondary N) is 3. The number of amidine groups is 1. The van der Waals surface area contributed by atoms with Gasteiger partial charge in [-0.15, -0.1) is 0 Å². The van der Waals surface area contributed by atoms with Crippen LogP contribution in [0.25, 0.3) is 16.6 Å². The van der Waals surface area contributed by atoms with Crippen LogP contribution in [0.4, 0.5) is 5.95 Å². The van der Waals surface area contributed by atoms with Gasteiger partial charge in [0.15, 0.2) is 11.8 Å². The van der Waals surface area contributed by atoms with Gasteiger partial charge in [-0.1, -0.05) is 62.4 Å². The lowest BCUT2D eigenvalue weighted by Crippen LogP contribution is -2.40. The standard InChI is InChI=1S/C30H27N7O2.C2H6/c31-16-20-7-4-8-22(13-20)24-18-35-29(33-12-11-19-5-2-1-3-6-19)28(39)23(24)15-27(38)34-17-21-9-10-25-26(14-21)37-30(32)36-25;1-2/h1-10,13-14,18,23H,11-12,15,17H2,(H,33,35)(H,34,38)(H3,32,36,37);1-2H3. The van der Waals surface area contributed by atoms with Gasteiger partial charge >= 0.3 is 0 Å². The zero-order chi connectivity index (χ0) is 29.2. The SMILES string of the molecule is CC.N#Cc1cccc(C2=CNC(=NCCc3ccccc3)C(=O)C2CC(=O)NCc2ccc3nc(N)[nH]c3c2)c1. The van der Waals surface area contributed by atoms with Crippen LogP contribution in [0.1, 0.15) is 42.5 Å². The Morgan fingerprint density at radius 1 is 1.07 bits per heavy atom. The van der Waals surface area contributed by atoms with Gasteiger partial charge in [0.2, 0.25) is 11.7 Å². The van der Waals surface area contributed by atoms with Gasteiger partial charge in [-0.05, 0) is 52.9 Å². The average molecular weight is 548 g/mol. The van der Waals surface area contributed by atoms with E-state index < -0.39 is 5.92 Å². The summed E-state index contributed by atoms with van der Waals surface area (Å²) >= 11 is 0. The zero-order valence-electron chi connectivity index (χ0n) is 23.1. The van der Waals surface area contributed by atoms with Crippen LogP contribution in [0.5, 0.6) is 0 Å². The number of hydrogen-bond donors (Lipinski definition) is 4. The maximum Gasteiger partial charge on any atom is 0.221 e. The van der Waals surface area contributed by atoms with E-state index in [2.05, 4.69) is 31.7 Å². The van der Waals surface area contributed by atoms with Crippen molar-refractivity contribution in [1.29, 1.82) is 5.26 Å². The Balaban J connectivity index is 0.00000189. The number of amides is 1. The number of aliphatic imine (C=N–C) groups is 1. The van der Waals surface area contributed by atoms with Crippen molar-refractivity contribution >= 4 is 40.1 Å². The summed E-state index contributed by atoms with van der Waals surface area (Å²) in [6.07, 6.45) is 2.35. The monoisotopic (exact) mass is 547 g/mol. The summed E-state index contributed by atoms with van der Waals surface area (Å²) in [5, 5.41) is 15.3. The third-order valence-electron chi connectivity index (χ3n) is 6.57. The topological polar surface area (TPSA) is 149 Å². The summed E-state index contributed by atoms with van der Waals surface area (Å²) in [6.45, 7) is 4.72. The Labute approximate surface area is 239 Å². The second-order valence-corrected chi connectivity index (χ2v) is 9.27. The molecule has 5 rings (SSSR count). The highest BCUT2D eigenvalue weighted by Gasteiger charge is 2.33. The highest BCUT2D eigenvalue weighted by molar-refractivity contribution is 6.43. The van der Waals surface area contributed by atoms with Gasteiger partial charge in [-0.2, -0.15) is 5.26 Å². The number of Topliss-reactive ketones (excluding diaryl/α,β-unsaturated/α-hetero) is 1. The number of nitrogens with two attached hydrogens (primary N) is 1. The van der Waals surface area contributed by atoms with Crippen molar-refractivity contribution in [1.82, 2.24) is 20.6 Å². The predicted octanol–water partition coefficient (Wildman–Crippen LogP) is 4.52. The molecule has 9 heteroatoms. The third kappa shape index (κ3) is 7.25.